The molecule has 3 rings (SSSR count). The average molecular weight is 368 g/mol. The molecule has 2 N–H and O–H groups in total. The van der Waals surface area contributed by atoms with Crippen molar-refractivity contribution in [1.29, 1.82) is 0 Å². The third-order valence-corrected chi connectivity index (χ3v) is 5.33. The Morgan fingerprint density at radius 1 is 1.42 bits per heavy atom. The van der Waals surface area contributed by atoms with Gasteiger partial charge in [-0.15, -0.1) is 21.5 Å². The van der Waals surface area contributed by atoms with Gasteiger partial charge in [0.1, 0.15) is 16.8 Å². The predicted octanol–water partition coefficient (Wildman–Crippen LogP) is 3.56. The van der Waals surface area contributed by atoms with Gasteiger partial charge in [0.25, 0.3) is 5.91 Å². The van der Waals surface area contributed by atoms with Crippen LogP contribution < -0.4 is 10.6 Å². The van der Waals surface area contributed by atoms with Gasteiger partial charge in [0, 0.05) is 18.5 Å². The molecule has 24 heavy (non-hydrogen) atoms. The molecule has 0 saturated carbocycles. The Labute approximate surface area is 148 Å². The smallest absolute Gasteiger partial charge is 0.277 e. The summed E-state index contributed by atoms with van der Waals surface area (Å²) in [5.74, 6) is 0.369. The van der Waals surface area contributed by atoms with E-state index in [4.69, 9.17) is 4.74 Å². The first kappa shape index (κ1) is 17.2. The second kappa shape index (κ2) is 8.00. The number of aromatic nitrogens is 3. The van der Waals surface area contributed by atoms with Crippen LogP contribution in [0.25, 0.3) is 0 Å². The van der Waals surface area contributed by atoms with Gasteiger partial charge in [0.15, 0.2) is 5.13 Å². The van der Waals surface area contributed by atoms with Crippen molar-refractivity contribution in [1.82, 2.24) is 15.2 Å². The molecule has 9 heteroatoms. The van der Waals surface area contributed by atoms with E-state index in [0.29, 0.717) is 16.7 Å². The van der Waals surface area contributed by atoms with Gasteiger partial charge in [-0.1, -0.05) is 25.2 Å². The number of anilines is 2. The van der Waals surface area contributed by atoms with Crippen molar-refractivity contribution in [2.75, 3.05) is 23.8 Å². The first-order valence-corrected chi connectivity index (χ1v) is 9.77. The molecule has 130 valence electrons. The zero-order chi connectivity index (χ0) is 16.9. The number of ether oxygens (including phenoxy) is 1. The number of nitrogens with one attached hydrogen (secondary N) is 2. The number of carbonyl (C=O) groups is 1. The van der Waals surface area contributed by atoms with E-state index >= 15 is 0 Å². The second-order valence-corrected chi connectivity index (χ2v) is 7.92. The van der Waals surface area contributed by atoms with E-state index in [0.717, 1.165) is 42.6 Å². The van der Waals surface area contributed by atoms with Crippen molar-refractivity contribution in [3.05, 3.63) is 16.1 Å². The third kappa shape index (κ3) is 4.49. The topological polar surface area (TPSA) is 89.0 Å². The normalized spacial score (nSPS) is 17.4. The first-order chi connectivity index (χ1) is 11.6. The Morgan fingerprint density at radius 2 is 2.29 bits per heavy atom. The molecule has 0 spiro atoms. The summed E-state index contributed by atoms with van der Waals surface area (Å²) in [4.78, 5) is 16.6. The molecule has 1 amide bonds. The number of nitrogens with zero attached hydrogens (tertiary/aromatic N) is 3. The molecule has 7 nitrogen and oxygen atoms in total. The Morgan fingerprint density at radius 3 is 3.04 bits per heavy atom. The van der Waals surface area contributed by atoms with Crippen molar-refractivity contribution in [2.24, 2.45) is 5.92 Å². The van der Waals surface area contributed by atoms with Gasteiger partial charge in [0.2, 0.25) is 5.13 Å². The molecule has 2 aromatic rings. The molecule has 3 heterocycles. The van der Waals surface area contributed by atoms with E-state index < -0.39 is 0 Å². The van der Waals surface area contributed by atoms with Gasteiger partial charge in [-0.3, -0.25) is 10.1 Å². The van der Waals surface area contributed by atoms with Crippen LogP contribution in [0, 0.1) is 5.92 Å². The van der Waals surface area contributed by atoms with Gasteiger partial charge >= 0.3 is 0 Å². The highest BCUT2D eigenvalue weighted by Gasteiger charge is 2.22. The van der Waals surface area contributed by atoms with Crippen LogP contribution in [0.1, 0.15) is 54.7 Å². The number of thiazole rings is 1. The van der Waals surface area contributed by atoms with Crippen LogP contribution in [0.4, 0.5) is 10.3 Å². The Hall–Kier alpha value is -1.58. The summed E-state index contributed by atoms with van der Waals surface area (Å²) in [6, 6.07) is 0. The molecule has 0 bridgehead atoms. The van der Waals surface area contributed by atoms with Gasteiger partial charge < -0.3 is 10.1 Å². The predicted molar refractivity (Wildman–Crippen MR) is 95.8 cm³/mol. The van der Waals surface area contributed by atoms with Crippen LogP contribution in [-0.2, 0) is 4.74 Å². The van der Waals surface area contributed by atoms with E-state index in [1.54, 1.807) is 5.38 Å². The van der Waals surface area contributed by atoms with Gasteiger partial charge in [-0.2, -0.15) is 0 Å². The monoisotopic (exact) mass is 367 g/mol. The maximum atomic E-state index is 12.3. The van der Waals surface area contributed by atoms with E-state index in [9.17, 15) is 4.79 Å². The number of rotatable bonds is 7. The number of hydrogen-bond acceptors (Lipinski definition) is 8. The molecule has 1 aliphatic rings. The lowest BCUT2D eigenvalue weighted by Gasteiger charge is -2.04. The Balaban J connectivity index is 1.54. The lowest BCUT2D eigenvalue weighted by Crippen LogP contribution is -2.12. The average Bonchev–Trinajstić information content (AvgIpc) is 3.28. The molecule has 0 unspecified atom stereocenters. The van der Waals surface area contributed by atoms with Crippen LogP contribution in [0.5, 0.6) is 0 Å². The first-order valence-electron chi connectivity index (χ1n) is 8.07. The molecule has 0 aromatic carbocycles. The Bertz CT molecular complexity index is 679. The largest absolute Gasteiger partial charge is 0.371 e. The number of amides is 1. The minimum absolute atomic E-state index is 0.0178. The zero-order valence-electron chi connectivity index (χ0n) is 13.7. The van der Waals surface area contributed by atoms with Crippen molar-refractivity contribution in [3.63, 3.8) is 0 Å². The van der Waals surface area contributed by atoms with E-state index in [-0.39, 0.29) is 12.0 Å². The molecule has 0 aliphatic carbocycles. The minimum atomic E-state index is -0.266. The van der Waals surface area contributed by atoms with Crippen LogP contribution in [-0.4, -0.2) is 34.2 Å². The van der Waals surface area contributed by atoms with Gasteiger partial charge in [-0.25, -0.2) is 4.98 Å². The van der Waals surface area contributed by atoms with E-state index in [2.05, 4.69) is 39.7 Å². The van der Waals surface area contributed by atoms with Gasteiger partial charge in [0.05, 0.1) is 0 Å². The van der Waals surface area contributed by atoms with Crippen molar-refractivity contribution in [3.8, 4) is 0 Å². The number of carbonyl (C=O) groups excluding carboxylic acids is 1. The summed E-state index contributed by atoms with van der Waals surface area (Å²) in [6.07, 6.45) is 3.08. The van der Waals surface area contributed by atoms with Crippen LogP contribution in [0.2, 0.25) is 0 Å². The van der Waals surface area contributed by atoms with E-state index in [1.807, 2.05) is 0 Å². The minimum Gasteiger partial charge on any atom is -0.371 e. The number of hydrogen-bond donors (Lipinski definition) is 2. The zero-order valence-corrected chi connectivity index (χ0v) is 15.4. The molecule has 2 aromatic heterocycles. The summed E-state index contributed by atoms with van der Waals surface area (Å²) < 4.78 is 5.58. The SMILES string of the molecule is CC(C)CCNc1nc(C(=O)Nc2nnc([C@@H]3CCCO3)s2)cs1. The molecule has 1 saturated heterocycles. The van der Waals surface area contributed by atoms with Gasteiger partial charge in [-0.05, 0) is 25.2 Å². The summed E-state index contributed by atoms with van der Waals surface area (Å²) in [7, 11) is 0. The highest BCUT2D eigenvalue weighted by atomic mass is 32.1. The molecular weight excluding hydrogens is 346 g/mol. The van der Waals surface area contributed by atoms with Crippen LogP contribution in [0.3, 0.4) is 0 Å². The molecule has 1 atom stereocenters. The fourth-order valence-corrected chi connectivity index (χ4v) is 3.82. The second-order valence-electron chi connectivity index (χ2n) is 6.05. The van der Waals surface area contributed by atoms with Crippen molar-refractivity contribution in [2.45, 2.75) is 39.2 Å². The molecule has 1 aliphatic heterocycles. The van der Waals surface area contributed by atoms with Crippen molar-refractivity contribution < 1.29 is 9.53 Å². The maximum Gasteiger partial charge on any atom is 0.277 e. The van der Waals surface area contributed by atoms with Crippen LogP contribution >= 0.6 is 22.7 Å². The molecule has 0 radical (unpaired) electrons. The lowest BCUT2D eigenvalue weighted by molar-refractivity contribution is 0.102. The molecule has 1 fully saturated rings. The highest BCUT2D eigenvalue weighted by molar-refractivity contribution is 7.15. The van der Waals surface area contributed by atoms with E-state index in [1.165, 1.54) is 22.7 Å². The maximum absolute atomic E-state index is 12.3. The summed E-state index contributed by atoms with van der Waals surface area (Å²) in [6.45, 7) is 5.97. The molecular formula is C15H21N5O2S2. The lowest BCUT2D eigenvalue weighted by atomic mass is 10.1. The third-order valence-electron chi connectivity index (χ3n) is 3.60. The standard InChI is InChI=1S/C15H21N5O2S2/c1-9(2)5-6-16-14-17-10(8-23-14)12(21)18-15-20-19-13(24-15)11-4-3-7-22-11/h8-9,11H,3-7H2,1-2H3,(H,16,17)(H,18,20,21)/t11-/m0/s1. The fraction of sp³-hybridized carbons (Fsp3) is 0.600. The Kier molecular flexibility index (Phi) is 5.75. The highest BCUT2D eigenvalue weighted by Crippen LogP contribution is 2.32. The summed E-state index contributed by atoms with van der Waals surface area (Å²) in [5.41, 5.74) is 0.390. The summed E-state index contributed by atoms with van der Waals surface area (Å²) >= 11 is 2.79. The fourth-order valence-electron chi connectivity index (χ4n) is 2.28. The van der Waals surface area contributed by atoms with Crippen LogP contribution in [0.15, 0.2) is 5.38 Å². The van der Waals surface area contributed by atoms with Crippen molar-refractivity contribution >= 4 is 38.8 Å². The summed E-state index contributed by atoms with van der Waals surface area (Å²) in [5, 5.41) is 17.9. The quantitative estimate of drug-likeness (QED) is 0.778.